The zero-order chi connectivity index (χ0) is 19.2. The first-order valence-corrected chi connectivity index (χ1v) is 9.35. The Morgan fingerprint density at radius 3 is 2.30 bits per heavy atom. The van der Waals surface area contributed by atoms with Gasteiger partial charge in [-0.3, -0.25) is 9.59 Å². The van der Waals surface area contributed by atoms with Gasteiger partial charge in [0.05, 0.1) is 17.3 Å². The molecule has 0 saturated heterocycles. The lowest BCUT2D eigenvalue weighted by Crippen LogP contribution is -2.28. The number of halogens is 1. The highest BCUT2D eigenvalue weighted by molar-refractivity contribution is 9.10. The number of nitrogens with one attached hydrogen (secondary N) is 2. The van der Waals surface area contributed by atoms with Crippen LogP contribution in [-0.4, -0.2) is 11.8 Å². The second-order valence-electron chi connectivity index (χ2n) is 6.12. The smallest absolute Gasteiger partial charge is 0.255 e. The topological polar surface area (TPSA) is 58.2 Å². The molecule has 5 heteroatoms. The van der Waals surface area contributed by atoms with Gasteiger partial charge in [-0.25, -0.2) is 0 Å². The van der Waals surface area contributed by atoms with E-state index in [9.17, 15) is 9.59 Å². The highest BCUT2D eigenvalue weighted by Crippen LogP contribution is 2.19. The van der Waals surface area contributed by atoms with Crippen LogP contribution >= 0.6 is 15.9 Å². The Morgan fingerprint density at radius 2 is 1.56 bits per heavy atom. The SMILES string of the molecule is CC(NC(=O)c1ccccc1NC(=O)c1cccc(Br)c1)c1ccccc1. The molecule has 0 aliphatic heterocycles. The summed E-state index contributed by atoms with van der Waals surface area (Å²) < 4.78 is 0.817. The van der Waals surface area contributed by atoms with Crippen molar-refractivity contribution in [3.63, 3.8) is 0 Å². The maximum atomic E-state index is 12.8. The number of hydrogen-bond donors (Lipinski definition) is 2. The van der Waals surface area contributed by atoms with E-state index in [4.69, 9.17) is 0 Å². The molecule has 0 aliphatic rings. The molecule has 27 heavy (non-hydrogen) atoms. The minimum absolute atomic E-state index is 0.146. The number of benzene rings is 3. The molecular weight excluding hydrogens is 404 g/mol. The summed E-state index contributed by atoms with van der Waals surface area (Å²) in [4.78, 5) is 25.3. The van der Waals surface area contributed by atoms with Crippen molar-refractivity contribution in [3.8, 4) is 0 Å². The van der Waals surface area contributed by atoms with E-state index in [1.165, 1.54) is 0 Å². The molecule has 0 saturated carbocycles. The standard InChI is InChI=1S/C22H19BrN2O2/c1-15(16-8-3-2-4-9-16)24-22(27)19-12-5-6-13-20(19)25-21(26)17-10-7-11-18(23)14-17/h2-15H,1H3,(H,24,27)(H,25,26). The largest absolute Gasteiger partial charge is 0.345 e. The van der Waals surface area contributed by atoms with Crippen LogP contribution in [0.4, 0.5) is 5.69 Å². The van der Waals surface area contributed by atoms with Crippen LogP contribution in [-0.2, 0) is 0 Å². The van der Waals surface area contributed by atoms with Gasteiger partial charge in [-0.05, 0) is 42.8 Å². The normalized spacial score (nSPS) is 11.5. The van der Waals surface area contributed by atoms with Gasteiger partial charge >= 0.3 is 0 Å². The van der Waals surface area contributed by atoms with E-state index < -0.39 is 0 Å². The quantitative estimate of drug-likeness (QED) is 0.593. The summed E-state index contributed by atoms with van der Waals surface area (Å²) in [7, 11) is 0. The summed E-state index contributed by atoms with van der Waals surface area (Å²) in [5.41, 5.74) is 2.42. The molecule has 2 amide bonds. The maximum absolute atomic E-state index is 12.8. The summed E-state index contributed by atoms with van der Waals surface area (Å²) in [6.45, 7) is 1.93. The molecule has 0 radical (unpaired) electrons. The van der Waals surface area contributed by atoms with Crippen LogP contribution < -0.4 is 10.6 Å². The van der Waals surface area contributed by atoms with Crippen LogP contribution in [0.2, 0.25) is 0 Å². The van der Waals surface area contributed by atoms with Crippen LogP contribution in [0.1, 0.15) is 39.2 Å². The van der Waals surface area contributed by atoms with E-state index in [0.29, 0.717) is 16.8 Å². The first kappa shape index (κ1) is 18.9. The maximum Gasteiger partial charge on any atom is 0.255 e. The molecule has 136 valence electrons. The fraction of sp³-hybridized carbons (Fsp3) is 0.0909. The summed E-state index contributed by atoms with van der Waals surface area (Å²) in [5.74, 6) is -0.510. The molecule has 0 spiro atoms. The summed E-state index contributed by atoms with van der Waals surface area (Å²) >= 11 is 3.36. The molecule has 1 atom stereocenters. The van der Waals surface area contributed by atoms with E-state index >= 15 is 0 Å². The Labute approximate surface area is 166 Å². The fourth-order valence-corrected chi connectivity index (χ4v) is 3.11. The van der Waals surface area contributed by atoms with Crippen LogP contribution in [0, 0.1) is 0 Å². The van der Waals surface area contributed by atoms with Crippen molar-refractivity contribution >= 4 is 33.4 Å². The molecule has 4 nitrogen and oxygen atoms in total. The Balaban J connectivity index is 1.77. The number of amides is 2. The van der Waals surface area contributed by atoms with E-state index in [2.05, 4.69) is 26.6 Å². The molecule has 0 aliphatic carbocycles. The van der Waals surface area contributed by atoms with Gasteiger partial charge in [0.25, 0.3) is 11.8 Å². The summed E-state index contributed by atoms with van der Waals surface area (Å²) in [6.07, 6.45) is 0. The van der Waals surface area contributed by atoms with Gasteiger partial charge in [0.2, 0.25) is 0 Å². The van der Waals surface area contributed by atoms with Gasteiger partial charge < -0.3 is 10.6 Å². The number of hydrogen-bond acceptors (Lipinski definition) is 2. The van der Waals surface area contributed by atoms with Gasteiger partial charge in [0, 0.05) is 10.0 Å². The van der Waals surface area contributed by atoms with Crippen molar-refractivity contribution in [2.45, 2.75) is 13.0 Å². The molecule has 0 bridgehead atoms. The van der Waals surface area contributed by atoms with Crippen LogP contribution in [0.5, 0.6) is 0 Å². The molecule has 2 N–H and O–H groups in total. The molecule has 3 rings (SSSR count). The van der Waals surface area contributed by atoms with Crippen molar-refractivity contribution in [3.05, 3.63) is 100 Å². The third-order valence-corrected chi connectivity index (χ3v) is 4.65. The fourth-order valence-electron chi connectivity index (χ4n) is 2.71. The van der Waals surface area contributed by atoms with Gasteiger partial charge in [-0.15, -0.1) is 0 Å². The molecule has 0 aromatic heterocycles. The third kappa shape index (κ3) is 4.83. The average molecular weight is 423 g/mol. The first-order valence-electron chi connectivity index (χ1n) is 8.56. The highest BCUT2D eigenvalue weighted by Gasteiger charge is 2.16. The molecular formula is C22H19BrN2O2. The van der Waals surface area contributed by atoms with Crippen LogP contribution in [0.15, 0.2) is 83.3 Å². The predicted octanol–water partition coefficient (Wildman–Crippen LogP) is 5.19. The van der Waals surface area contributed by atoms with E-state index in [-0.39, 0.29) is 17.9 Å². The molecule has 3 aromatic rings. The lowest BCUT2D eigenvalue weighted by atomic mass is 10.1. The number of carbonyl (C=O) groups excluding carboxylic acids is 2. The zero-order valence-corrected chi connectivity index (χ0v) is 16.4. The summed E-state index contributed by atoms with van der Waals surface area (Å²) in [5, 5.41) is 5.80. The van der Waals surface area contributed by atoms with E-state index in [0.717, 1.165) is 10.0 Å². The van der Waals surface area contributed by atoms with Crippen molar-refractivity contribution < 1.29 is 9.59 Å². The van der Waals surface area contributed by atoms with Gasteiger partial charge in [-0.2, -0.15) is 0 Å². The van der Waals surface area contributed by atoms with Crippen LogP contribution in [0.25, 0.3) is 0 Å². The minimum atomic E-state index is -0.271. The van der Waals surface area contributed by atoms with Gasteiger partial charge in [0.1, 0.15) is 0 Å². The summed E-state index contributed by atoms with van der Waals surface area (Å²) in [6, 6.07) is 23.7. The Morgan fingerprint density at radius 1 is 0.852 bits per heavy atom. The lowest BCUT2D eigenvalue weighted by molar-refractivity contribution is 0.0941. The molecule has 1 unspecified atom stereocenters. The van der Waals surface area contributed by atoms with Gasteiger partial charge in [-0.1, -0.05) is 64.5 Å². The minimum Gasteiger partial charge on any atom is -0.345 e. The second kappa shape index (κ2) is 8.64. The first-order chi connectivity index (χ1) is 13.0. The average Bonchev–Trinajstić information content (AvgIpc) is 2.69. The van der Waals surface area contributed by atoms with Crippen molar-refractivity contribution in [1.82, 2.24) is 5.32 Å². The van der Waals surface area contributed by atoms with Crippen molar-refractivity contribution in [2.24, 2.45) is 0 Å². The van der Waals surface area contributed by atoms with E-state index in [1.807, 2.05) is 43.3 Å². The number of rotatable bonds is 5. The van der Waals surface area contributed by atoms with Crippen molar-refractivity contribution in [2.75, 3.05) is 5.32 Å². The lowest BCUT2D eigenvalue weighted by Gasteiger charge is -2.16. The Bertz CT molecular complexity index is 957. The van der Waals surface area contributed by atoms with Gasteiger partial charge in [0.15, 0.2) is 0 Å². The van der Waals surface area contributed by atoms with Crippen LogP contribution in [0.3, 0.4) is 0 Å². The highest BCUT2D eigenvalue weighted by atomic mass is 79.9. The molecule has 3 aromatic carbocycles. The second-order valence-corrected chi connectivity index (χ2v) is 7.03. The Kier molecular flexibility index (Phi) is 6.04. The molecule has 0 heterocycles. The van der Waals surface area contributed by atoms with E-state index in [1.54, 1.807) is 42.5 Å². The molecule has 0 fully saturated rings. The number of para-hydroxylation sites is 1. The zero-order valence-electron chi connectivity index (χ0n) is 14.8. The number of anilines is 1. The third-order valence-electron chi connectivity index (χ3n) is 4.15. The Hall–Kier alpha value is -2.92. The predicted molar refractivity (Wildman–Crippen MR) is 111 cm³/mol. The monoisotopic (exact) mass is 422 g/mol. The van der Waals surface area contributed by atoms with Crippen molar-refractivity contribution in [1.29, 1.82) is 0 Å². The number of carbonyl (C=O) groups is 2.